The molecule has 0 amide bonds. The van der Waals surface area contributed by atoms with Gasteiger partial charge < -0.3 is 24.8 Å². The SMILES string of the molecule is C=N/C=C(\SCN/C(=C/C(=N\COc1cc2cc(C)[nH]c2cc1F)N1CCN(C)CC1)N=C)C1CCC1. The molecule has 0 radical (unpaired) electrons. The average molecular weight is 526 g/mol. The number of aliphatic imine (C=N–C) groups is 3. The molecule has 1 saturated heterocycles. The van der Waals surface area contributed by atoms with Crippen LogP contribution in [0.1, 0.15) is 25.0 Å². The van der Waals surface area contributed by atoms with Crippen LogP contribution in [-0.2, 0) is 0 Å². The molecule has 2 aliphatic rings. The molecule has 4 rings (SSSR count). The van der Waals surface area contributed by atoms with Crippen molar-refractivity contribution in [2.75, 3.05) is 45.8 Å². The van der Waals surface area contributed by atoms with E-state index in [4.69, 9.17) is 4.74 Å². The van der Waals surface area contributed by atoms with Gasteiger partial charge in [-0.15, -0.1) is 11.8 Å². The van der Waals surface area contributed by atoms with Crippen LogP contribution in [-0.4, -0.2) is 79.9 Å². The zero-order valence-electron chi connectivity index (χ0n) is 21.7. The standard InChI is InChI=1S/C27H36FN7OS/c1-19-12-21-13-24(22(28)14-23(21)33-19)36-17-31-27(35-10-8-34(4)9-11-35)15-26(30-3)32-18-37-25(16-29-2)20-6-5-7-20/h12-16,20,32-33H,2-3,5-11,17-18H2,1,4H3/b25-16-,26-15+,31-27+. The number of nitrogens with zero attached hydrogens (tertiary/aromatic N) is 5. The number of benzene rings is 1. The Hall–Kier alpha value is -3.11. The molecule has 1 saturated carbocycles. The van der Waals surface area contributed by atoms with Gasteiger partial charge in [0.2, 0.25) is 0 Å². The predicted octanol–water partition coefficient (Wildman–Crippen LogP) is 4.76. The highest BCUT2D eigenvalue weighted by atomic mass is 32.2. The molecule has 0 atom stereocenters. The summed E-state index contributed by atoms with van der Waals surface area (Å²) in [6.45, 7) is 12.8. The fourth-order valence-corrected chi connectivity index (χ4v) is 5.35. The van der Waals surface area contributed by atoms with Crippen molar-refractivity contribution in [3.63, 3.8) is 0 Å². The minimum absolute atomic E-state index is 0.0112. The maximum absolute atomic E-state index is 14.6. The lowest BCUT2D eigenvalue weighted by Gasteiger charge is -2.34. The average Bonchev–Trinajstić information content (AvgIpc) is 3.20. The lowest BCUT2D eigenvalue weighted by Crippen LogP contribution is -2.47. The van der Waals surface area contributed by atoms with E-state index in [1.807, 2.05) is 25.3 Å². The van der Waals surface area contributed by atoms with Crippen LogP contribution >= 0.6 is 11.8 Å². The Kier molecular flexibility index (Phi) is 9.40. The van der Waals surface area contributed by atoms with E-state index in [0.29, 0.717) is 17.6 Å². The van der Waals surface area contributed by atoms with E-state index >= 15 is 0 Å². The minimum Gasteiger partial charge on any atom is -0.468 e. The Bertz CT molecular complexity index is 1190. The first-order valence-corrected chi connectivity index (χ1v) is 13.6. The summed E-state index contributed by atoms with van der Waals surface area (Å²) in [5.41, 5.74) is 1.72. The van der Waals surface area contributed by atoms with Gasteiger partial charge in [-0.2, -0.15) is 0 Å². The smallest absolute Gasteiger partial charge is 0.181 e. The van der Waals surface area contributed by atoms with E-state index in [-0.39, 0.29) is 12.5 Å². The summed E-state index contributed by atoms with van der Waals surface area (Å²) in [4.78, 5) is 21.7. The number of halogens is 1. The van der Waals surface area contributed by atoms with Crippen LogP contribution in [0.15, 0.2) is 56.2 Å². The molecule has 37 heavy (non-hydrogen) atoms. The molecule has 2 N–H and O–H groups in total. The third-order valence-electron chi connectivity index (χ3n) is 6.74. The quantitative estimate of drug-likeness (QED) is 0.251. The Morgan fingerprint density at radius 3 is 2.70 bits per heavy atom. The summed E-state index contributed by atoms with van der Waals surface area (Å²) in [5, 5.41) is 4.25. The first-order valence-electron chi connectivity index (χ1n) is 12.6. The van der Waals surface area contributed by atoms with Gasteiger partial charge in [-0.1, -0.05) is 6.42 Å². The van der Waals surface area contributed by atoms with Crippen molar-refractivity contribution in [3.8, 4) is 5.75 Å². The highest BCUT2D eigenvalue weighted by Gasteiger charge is 2.22. The molecule has 2 aromatic rings. The van der Waals surface area contributed by atoms with Gasteiger partial charge in [0.1, 0.15) is 11.7 Å². The van der Waals surface area contributed by atoms with Crippen LogP contribution in [0.5, 0.6) is 5.75 Å². The first kappa shape index (κ1) is 26.9. The number of hydrogen-bond acceptors (Lipinski definition) is 7. The fraction of sp³-hybridized carbons (Fsp3) is 0.444. The minimum atomic E-state index is -0.419. The van der Waals surface area contributed by atoms with Gasteiger partial charge >= 0.3 is 0 Å². The second-order valence-corrected chi connectivity index (χ2v) is 10.4. The number of aryl methyl sites for hydroxylation is 1. The Morgan fingerprint density at radius 1 is 1.24 bits per heavy atom. The Balaban J connectivity index is 1.45. The van der Waals surface area contributed by atoms with Gasteiger partial charge in [0.05, 0.1) is 5.88 Å². The molecule has 10 heteroatoms. The number of thioether (sulfide) groups is 1. The first-order chi connectivity index (χ1) is 18.0. The van der Waals surface area contributed by atoms with Gasteiger partial charge in [-0.05, 0) is 58.3 Å². The van der Waals surface area contributed by atoms with E-state index in [9.17, 15) is 4.39 Å². The number of aromatic amines is 1. The Labute approximate surface area is 222 Å². The van der Waals surface area contributed by atoms with E-state index in [2.05, 4.69) is 55.6 Å². The Morgan fingerprint density at radius 2 is 2.03 bits per heavy atom. The highest BCUT2D eigenvalue weighted by molar-refractivity contribution is 8.03. The van der Waals surface area contributed by atoms with Gasteiger partial charge in [0.15, 0.2) is 18.3 Å². The van der Waals surface area contributed by atoms with Crippen LogP contribution < -0.4 is 10.1 Å². The van der Waals surface area contributed by atoms with Crippen molar-refractivity contribution in [3.05, 3.63) is 52.7 Å². The van der Waals surface area contributed by atoms with Crippen molar-refractivity contribution < 1.29 is 9.13 Å². The maximum atomic E-state index is 14.6. The lowest BCUT2D eigenvalue weighted by molar-refractivity contribution is 0.214. The van der Waals surface area contributed by atoms with E-state index in [0.717, 1.165) is 48.6 Å². The molecule has 0 unspecified atom stereocenters. The molecule has 1 aromatic carbocycles. The molecular weight excluding hydrogens is 489 g/mol. The van der Waals surface area contributed by atoms with E-state index in [1.54, 1.807) is 17.8 Å². The topological polar surface area (TPSA) is 80.6 Å². The molecule has 2 fully saturated rings. The molecule has 0 bridgehead atoms. The van der Waals surface area contributed by atoms with Crippen LogP contribution in [0, 0.1) is 18.7 Å². The van der Waals surface area contributed by atoms with Gasteiger partial charge in [0.25, 0.3) is 0 Å². The predicted molar refractivity (Wildman–Crippen MR) is 153 cm³/mol. The molecule has 1 aromatic heterocycles. The maximum Gasteiger partial charge on any atom is 0.181 e. The van der Waals surface area contributed by atoms with E-state index < -0.39 is 5.82 Å². The number of aromatic nitrogens is 1. The van der Waals surface area contributed by atoms with Crippen molar-refractivity contribution in [2.45, 2.75) is 26.2 Å². The summed E-state index contributed by atoms with van der Waals surface area (Å²) >= 11 is 1.71. The van der Waals surface area contributed by atoms with Gasteiger partial charge in [0, 0.05) is 66.0 Å². The molecule has 8 nitrogen and oxygen atoms in total. The van der Waals surface area contributed by atoms with E-state index in [1.165, 1.54) is 30.2 Å². The number of hydrogen-bond donors (Lipinski definition) is 2. The zero-order valence-corrected chi connectivity index (χ0v) is 22.5. The normalized spacial score (nSPS) is 18.1. The largest absolute Gasteiger partial charge is 0.468 e. The third kappa shape index (κ3) is 7.23. The molecule has 198 valence electrons. The number of amidine groups is 1. The van der Waals surface area contributed by atoms with Crippen molar-refractivity contribution in [1.82, 2.24) is 20.1 Å². The summed E-state index contributed by atoms with van der Waals surface area (Å²) < 4.78 is 20.3. The number of piperazine rings is 1. The number of rotatable bonds is 11. The van der Waals surface area contributed by atoms with Crippen LogP contribution in [0.4, 0.5) is 4.39 Å². The van der Waals surface area contributed by atoms with Crippen molar-refractivity contribution in [2.24, 2.45) is 20.9 Å². The number of fused-ring (bicyclic) bond motifs is 1. The zero-order chi connectivity index (χ0) is 26.2. The number of nitrogens with one attached hydrogen (secondary N) is 2. The molecule has 1 aliphatic heterocycles. The number of ether oxygens (including phenoxy) is 1. The van der Waals surface area contributed by atoms with Crippen LogP contribution in [0.3, 0.4) is 0 Å². The fourth-order valence-electron chi connectivity index (χ4n) is 4.34. The summed E-state index contributed by atoms with van der Waals surface area (Å²) in [7, 11) is 2.11. The number of allylic oxidation sites excluding steroid dienone is 1. The summed E-state index contributed by atoms with van der Waals surface area (Å²) in [5.74, 6) is 2.33. The van der Waals surface area contributed by atoms with Gasteiger partial charge in [-0.3, -0.25) is 4.99 Å². The summed E-state index contributed by atoms with van der Waals surface area (Å²) in [6, 6.07) is 5.12. The highest BCUT2D eigenvalue weighted by Crippen LogP contribution is 2.38. The monoisotopic (exact) mass is 525 g/mol. The molecule has 0 spiro atoms. The van der Waals surface area contributed by atoms with Crippen molar-refractivity contribution >= 4 is 41.9 Å². The molecular formula is C27H36FN7OS. The molecule has 1 aliphatic carbocycles. The lowest BCUT2D eigenvalue weighted by atomic mass is 9.85. The second-order valence-electron chi connectivity index (χ2n) is 9.40. The number of H-pyrrole nitrogens is 1. The van der Waals surface area contributed by atoms with Crippen molar-refractivity contribution in [1.29, 1.82) is 0 Å². The summed E-state index contributed by atoms with van der Waals surface area (Å²) in [6.07, 6.45) is 7.42. The molecule has 2 heterocycles. The second kappa shape index (κ2) is 12.9. The van der Waals surface area contributed by atoms with Crippen LogP contribution in [0.2, 0.25) is 0 Å². The van der Waals surface area contributed by atoms with Crippen LogP contribution in [0.25, 0.3) is 10.9 Å². The number of likely N-dealkylation sites (N-methyl/N-ethyl adjacent to an activating group) is 1. The van der Waals surface area contributed by atoms with Gasteiger partial charge in [-0.25, -0.2) is 14.4 Å². The third-order valence-corrected chi connectivity index (χ3v) is 7.80.